The number of rotatable bonds is 2. The maximum absolute atomic E-state index is 13.2. The van der Waals surface area contributed by atoms with E-state index in [-0.39, 0.29) is 75.0 Å². The molecule has 0 radical (unpaired) electrons. The van der Waals surface area contributed by atoms with Gasteiger partial charge in [0.25, 0.3) is 0 Å². The van der Waals surface area contributed by atoms with Gasteiger partial charge in [0.15, 0.2) is 23.4 Å². The summed E-state index contributed by atoms with van der Waals surface area (Å²) in [6.45, 7) is 2.00. The van der Waals surface area contributed by atoms with Gasteiger partial charge in [-0.25, -0.2) is 0 Å². The van der Waals surface area contributed by atoms with E-state index in [1.54, 1.807) is 0 Å². The number of benzene rings is 3. The highest BCUT2D eigenvalue weighted by Gasteiger charge is 2.36. The van der Waals surface area contributed by atoms with Gasteiger partial charge in [-0.15, -0.1) is 0 Å². The summed E-state index contributed by atoms with van der Waals surface area (Å²) < 4.78 is 16.9. The highest BCUT2D eigenvalue weighted by Crippen LogP contribution is 2.47. The monoisotopic (exact) mass is 650 g/mol. The molecule has 0 aromatic heterocycles. The average molecular weight is 651 g/mol. The van der Waals surface area contributed by atoms with Crippen LogP contribution in [0.3, 0.4) is 0 Å². The van der Waals surface area contributed by atoms with Crippen molar-refractivity contribution in [2.75, 3.05) is 13.2 Å². The molecule has 9 N–H and O–H groups in total. The lowest BCUT2D eigenvalue weighted by Gasteiger charge is -2.32. The fourth-order valence-corrected chi connectivity index (χ4v) is 6.20. The summed E-state index contributed by atoms with van der Waals surface area (Å²) >= 11 is 0. The molecular formula is C34H34O13. The fourth-order valence-electron chi connectivity index (χ4n) is 6.20. The molecule has 1 saturated heterocycles. The predicted octanol–water partition coefficient (Wildman–Crippen LogP) is 3.40. The molecule has 13 nitrogen and oxygen atoms in total. The zero-order chi connectivity index (χ0) is 33.6. The Morgan fingerprint density at radius 2 is 1.15 bits per heavy atom. The lowest BCUT2D eigenvalue weighted by molar-refractivity contribution is 0.0193. The summed E-state index contributed by atoms with van der Waals surface area (Å²) in [6, 6.07) is 8.05. The lowest BCUT2D eigenvalue weighted by Crippen LogP contribution is -2.31. The molecule has 3 aliphatic heterocycles. The molecule has 7 rings (SSSR count). The van der Waals surface area contributed by atoms with Crippen molar-refractivity contribution in [2.45, 2.75) is 56.5 Å². The van der Waals surface area contributed by atoms with Crippen molar-refractivity contribution in [3.8, 4) is 51.7 Å². The van der Waals surface area contributed by atoms with Crippen LogP contribution >= 0.6 is 0 Å². The number of fused-ring (bicyclic) bond motifs is 3. The Kier molecular flexibility index (Phi) is 8.53. The minimum absolute atomic E-state index is 0.00576. The molecule has 0 aliphatic carbocycles. The molecule has 248 valence electrons. The highest BCUT2D eigenvalue weighted by atomic mass is 16.5. The molecule has 3 heterocycles. The summed E-state index contributed by atoms with van der Waals surface area (Å²) in [5.74, 6) is -3.57. The van der Waals surface area contributed by atoms with E-state index in [9.17, 15) is 50.8 Å². The molecule has 0 saturated carbocycles. The van der Waals surface area contributed by atoms with Gasteiger partial charge >= 0.3 is 0 Å². The number of aliphatic hydroxyl groups is 2. The average Bonchev–Trinajstić information content (AvgIpc) is 3.16. The maximum atomic E-state index is 13.2. The van der Waals surface area contributed by atoms with Crippen LogP contribution < -0.4 is 14.9 Å². The van der Waals surface area contributed by atoms with Gasteiger partial charge in [-0.3, -0.25) is 4.79 Å². The van der Waals surface area contributed by atoms with E-state index < -0.39 is 52.5 Å². The Bertz CT molecular complexity index is 1890. The van der Waals surface area contributed by atoms with Crippen LogP contribution in [-0.4, -0.2) is 71.4 Å². The Labute approximate surface area is 267 Å². The minimum atomic E-state index is -1.34. The second-order valence-corrected chi connectivity index (χ2v) is 11.8. The van der Waals surface area contributed by atoms with Crippen LogP contribution in [-0.2, 0) is 17.6 Å². The quantitative estimate of drug-likeness (QED) is 0.142. The van der Waals surface area contributed by atoms with Crippen molar-refractivity contribution in [2.24, 2.45) is 0 Å². The third-order valence-corrected chi connectivity index (χ3v) is 8.51. The van der Waals surface area contributed by atoms with Crippen LogP contribution in [0.1, 0.15) is 53.7 Å². The Morgan fingerprint density at radius 1 is 0.596 bits per heavy atom. The third-order valence-electron chi connectivity index (χ3n) is 8.51. The van der Waals surface area contributed by atoms with Crippen molar-refractivity contribution >= 4 is 10.8 Å². The number of phenols is 6. The molecule has 4 atom stereocenters. The second kappa shape index (κ2) is 12.6. The van der Waals surface area contributed by atoms with Gasteiger partial charge < -0.3 is 60.2 Å². The largest absolute Gasteiger partial charge is 0.508 e. The molecule has 4 aromatic rings. The summed E-state index contributed by atoms with van der Waals surface area (Å²) in [4.78, 5) is 13.2. The first-order chi connectivity index (χ1) is 22.4. The van der Waals surface area contributed by atoms with E-state index in [0.29, 0.717) is 0 Å². The van der Waals surface area contributed by atoms with Gasteiger partial charge in [-0.1, -0.05) is 0 Å². The number of hydrogen-bond donors (Lipinski definition) is 9. The summed E-state index contributed by atoms with van der Waals surface area (Å²) in [5.41, 5.74) is -0.578. The van der Waals surface area contributed by atoms with Crippen molar-refractivity contribution < 1.29 is 60.2 Å². The SMILES string of the molecule is C1CCOCC1.O=c1c(O)cc([C@H]2Oc3cc(O)cc(O)c3C[C@H]2O)cc2c([C@H]3Oc4cc(O)cc(O)c4C[C@H]3O)cc(O)c(O)c12. The van der Waals surface area contributed by atoms with E-state index in [1.807, 2.05) is 0 Å². The van der Waals surface area contributed by atoms with Gasteiger partial charge in [0.2, 0.25) is 5.43 Å². The van der Waals surface area contributed by atoms with Crippen molar-refractivity contribution in [3.63, 3.8) is 0 Å². The first kappa shape index (κ1) is 31.9. The summed E-state index contributed by atoms with van der Waals surface area (Å²) in [5, 5.41) is 93.5. The van der Waals surface area contributed by atoms with Crippen LogP contribution in [0.15, 0.2) is 47.3 Å². The van der Waals surface area contributed by atoms with Crippen LogP contribution in [0.2, 0.25) is 0 Å². The van der Waals surface area contributed by atoms with Crippen LogP contribution in [0.25, 0.3) is 10.8 Å². The van der Waals surface area contributed by atoms with E-state index in [0.717, 1.165) is 37.5 Å². The molecule has 0 spiro atoms. The van der Waals surface area contributed by atoms with E-state index in [4.69, 9.17) is 14.2 Å². The molecular weight excluding hydrogens is 616 g/mol. The molecule has 0 bridgehead atoms. The first-order valence-corrected chi connectivity index (χ1v) is 15.1. The number of aromatic hydroxyl groups is 7. The van der Waals surface area contributed by atoms with E-state index >= 15 is 0 Å². The summed E-state index contributed by atoms with van der Waals surface area (Å²) in [6.07, 6.45) is -1.47. The van der Waals surface area contributed by atoms with Crippen molar-refractivity contribution in [1.82, 2.24) is 0 Å². The minimum Gasteiger partial charge on any atom is -0.508 e. The molecule has 3 aliphatic rings. The number of aliphatic hydroxyl groups excluding tert-OH is 2. The van der Waals surface area contributed by atoms with E-state index in [1.165, 1.54) is 37.5 Å². The Hall–Kier alpha value is -5.11. The molecule has 47 heavy (non-hydrogen) atoms. The van der Waals surface area contributed by atoms with Crippen molar-refractivity contribution in [1.29, 1.82) is 0 Å². The first-order valence-electron chi connectivity index (χ1n) is 15.1. The van der Waals surface area contributed by atoms with Gasteiger partial charge in [-0.2, -0.15) is 0 Å². The third kappa shape index (κ3) is 6.08. The van der Waals surface area contributed by atoms with Crippen LogP contribution in [0, 0.1) is 0 Å². The normalized spacial score (nSPS) is 21.7. The lowest BCUT2D eigenvalue weighted by atomic mass is 9.90. The molecule has 0 amide bonds. The predicted molar refractivity (Wildman–Crippen MR) is 166 cm³/mol. The standard InChI is InChI=1S/C29H24O12.C5H10O/c30-11-3-17(32)15-8-21(36)28(40-23(15)5-11)10-1-13-14(7-20(35)27(39)25(13)26(38)19(34)2-10)29-22(37)9-16-18(33)4-12(31)6-24(16)41-29;1-2-4-6-5-3-1/h1-7,21-22,28-33,35-37,39H,8-9H2,(H,34,38);1-5H2/t21-,22-,28-,29-;/m1./s1. The molecule has 1 fully saturated rings. The second-order valence-electron chi connectivity index (χ2n) is 11.8. The van der Waals surface area contributed by atoms with E-state index in [2.05, 4.69) is 0 Å². The maximum Gasteiger partial charge on any atom is 0.231 e. The van der Waals surface area contributed by atoms with Crippen LogP contribution in [0.4, 0.5) is 0 Å². The zero-order valence-electron chi connectivity index (χ0n) is 25.0. The van der Waals surface area contributed by atoms with Gasteiger partial charge in [-0.05, 0) is 48.4 Å². The van der Waals surface area contributed by atoms with Crippen molar-refractivity contribution in [3.05, 3.63) is 74.9 Å². The van der Waals surface area contributed by atoms with Crippen LogP contribution in [0.5, 0.6) is 51.7 Å². The number of hydrogen-bond acceptors (Lipinski definition) is 13. The number of ether oxygens (including phenoxy) is 3. The number of phenolic OH excluding ortho intramolecular Hbond substituents is 6. The van der Waals surface area contributed by atoms with Gasteiger partial charge in [0.05, 0.1) is 17.6 Å². The Morgan fingerprint density at radius 3 is 1.68 bits per heavy atom. The molecule has 13 heteroatoms. The smallest absolute Gasteiger partial charge is 0.231 e. The summed E-state index contributed by atoms with van der Waals surface area (Å²) in [7, 11) is 0. The topological polar surface area (TPSA) is 227 Å². The zero-order valence-corrected chi connectivity index (χ0v) is 25.0. The molecule has 4 aromatic carbocycles. The van der Waals surface area contributed by atoms with Gasteiger partial charge in [0, 0.05) is 67.0 Å². The molecule has 0 unspecified atom stereocenters. The van der Waals surface area contributed by atoms with Gasteiger partial charge in [0.1, 0.15) is 40.6 Å². The Balaban J connectivity index is 0.000000580. The fraction of sp³-hybridized carbons (Fsp3) is 0.324. The highest BCUT2D eigenvalue weighted by molar-refractivity contribution is 5.94.